The zero-order chi connectivity index (χ0) is 14.6. The topological polar surface area (TPSA) is 54.5 Å². The molecule has 0 saturated heterocycles. The second kappa shape index (κ2) is 6.02. The Morgan fingerprint density at radius 2 is 1.89 bits per heavy atom. The van der Waals surface area contributed by atoms with Crippen molar-refractivity contribution in [3.63, 3.8) is 0 Å². The molecule has 0 aromatic heterocycles. The number of rotatable bonds is 5. The summed E-state index contributed by atoms with van der Waals surface area (Å²) >= 11 is 0. The van der Waals surface area contributed by atoms with Crippen LogP contribution in [0, 0.1) is 0 Å². The van der Waals surface area contributed by atoms with Crippen molar-refractivity contribution in [1.29, 1.82) is 0 Å². The van der Waals surface area contributed by atoms with Gasteiger partial charge >= 0.3 is 0 Å². The molecule has 0 spiro atoms. The van der Waals surface area contributed by atoms with Crippen LogP contribution in [0.15, 0.2) is 41.3 Å². The molecule has 104 valence electrons. The van der Waals surface area contributed by atoms with Gasteiger partial charge in [0.15, 0.2) is 9.84 Å². The van der Waals surface area contributed by atoms with Crippen LogP contribution in [0.5, 0.6) is 0 Å². The van der Waals surface area contributed by atoms with Crippen molar-refractivity contribution < 1.29 is 13.2 Å². The third-order valence-electron chi connectivity index (χ3n) is 2.65. The molecule has 0 N–H and O–H groups in total. The lowest BCUT2D eigenvalue weighted by Crippen LogP contribution is -2.33. The summed E-state index contributed by atoms with van der Waals surface area (Å²) in [6.45, 7) is 8.39. The van der Waals surface area contributed by atoms with Crippen molar-refractivity contribution in [2.75, 3.05) is 19.3 Å². The van der Waals surface area contributed by atoms with Gasteiger partial charge in [-0.25, -0.2) is 8.42 Å². The molecule has 0 bridgehead atoms. The maximum absolute atomic E-state index is 12.4. The van der Waals surface area contributed by atoms with Gasteiger partial charge in [-0.3, -0.25) is 4.79 Å². The summed E-state index contributed by atoms with van der Waals surface area (Å²) in [7, 11) is -3.42. The molecule has 1 aromatic carbocycles. The van der Waals surface area contributed by atoms with Gasteiger partial charge in [0.2, 0.25) is 0 Å². The number of carbonyl (C=O) groups is 1. The van der Waals surface area contributed by atoms with Crippen LogP contribution in [0.1, 0.15) is 24.2 Å². The van der Waals surface area contributed by atoms with Crippen molar-refractivity contribution in [3.8, 4) is 0 Å². The van der Waals surface area contributed by atoms with Crippen molar-refractivity contribution in [1.82, 2.24) is 4.90 Å². The van der Waals surface area contributed by atoms with E-state index in [2.05, 4.69) is 6.58 Å². The van der Waals surface area contributed by atoms with Gasteiger partial charge in [0, 0.05) is 19.3 Å². The summed E-state index contributed by atoms with van der Waals surface area (Å²) in [6.07, 6.45) is 1.11. The highest BCUT2D eigenvalue weighted by Crippen LogP contribution is 2.17. The third kappa shape index (κ3) is 3.92. The lowest BCUT2D eigenvalue weighted by molar-refractivity contribution is 0.0774. The minimum Gasteiger partial charge on any atom is -0.335 e. The Morgan fingerprint density at radius 3 is 2.37 bits per heavy atom. The molecule has 0 unspecified atom stereocenters. The highest BCUT2D eigenvalue weighted by Gasteiger charge is 2.21. The monoisotopic (exact) mass is 281 g/mol. The maximum Gasteiger partial charge on any atom is 0.255 e. The predicted molar refractivity (Wildman–Crippen MR) is 75.9 cm³/mol. The first kappa shape index (κ1) is 15.4. The third-order valence-corrected chi connectivity index (χ3v) is 3.80. The largest absolute Gasteiger partial charge is 0.335 e. The number of amides is 1. The van der Waals surface area contributed by atoms with Crippen LogP contribution in [-0.2, 0) is 9.84 Å². The summed E-state index contributed by atoms with van der Waals surface area (Å²) in [5.74, 6) is -0.286. The van der Waals surface area contributed by atoms with E-state index in [1.807, 2.05) is 13.8 Å². The fourth-order valence-corrected chi connectivity index (χ4v) is 2.67. The normalized spacial score (nSPS) is 11.1. The molecule has 0 radical (unpaired) electrons. The standard InChI is InChI=1S/C14H19NO3S/c1-5-15(10-11(2)3)14(16)12-8-6-7-9-13(12)19(4,17)18/h6-9H,2,5,10H2,1,3-4H3. The zero-order valence-electron chi connectivity index (χ0n) is 11.5. The maximum atomic E-state index is 12.4. The first-order valence-electron chi connectivity index (χ1n) is 6.00. The molecule has 0 saturated carbocycles. The number of hydrogen-bond donors (Lipinski definition) is 0. The lowest BCUT2D eigenvalue weighted by atomic mass is 10.2. The van der Waals surface area contributed by atoms with Crippen molar-refractivity contribution in [2.24, 2.45) is 0 Å². The summed E-state index contributed by atoms with van der Waals surface area (Å²) in [4.78, 5) is 14.0. The van der Waals surface area contributed by atoms with Crippen LogP contribution in [0.4, 0.5) is 0 Å². The van der Waals surface area contributed by atoms with E-state index in [-0.39, 0.29) is 16.4 Å². The van der Waals surface area contributed by atoms with Crippen LogP contribution < -0.4 is 0 Å². The molecule has 0 heterocycles. The van der Waals surface area contributed by atoms with Gasteiger partial charge in [0.05, 0.1) is 10.5 Å². The van der Waals surface area contributed by atoms with Crippen LogP contribution in [0.3, 0.4) is 0 Å². The van der Waals surface area contributed by atoms with Crippen LogP contribution in [-0.4, -0.2) is 38.6 Å². The molecule has 1 aromatic rings. The van der Waals surface area contributed by atoms with Crippen LogP contribution in [0.25, 0.3) is 0 Å². The summed E-state index contributed by atoms with van der Waals surface area (Å²) < 4.78 is 23.4. The number of nitrogens with zero attached hydrogens (tertiary/aromatic N) is 1. The van der Waals surface area contributed by atoms with Gasteiger partial charge < -0.3 is 4.90 Å². The fourth-order valence-electron chi connectivity index (χ4n) is 1.79. The van der Waals surface area contributed by atoms with Crippen molar-refractivity contribution in [2.45, 2.75) is 18.7 Å². The molecule has 0 fully saturated rings. The Kier molecular flexibility index (Phi) is 4.89. The average Bonchev–Trinajstić information content (AvgIpc) is 2.34. The number of likely N-dealkylation sites (N-methyl/N-ethyl adjacent to an activating group) is 1. The van der Waals surface area contributed by atoms with Gasteiger partial charge in [0.1, 0.15) is 0 Å². The van der Waals surface area contributed by atoms with E-state index < -0.39 is 9.84 Å². The minimum atomic E-state index is -3.42. The fraction of sp³-hybridized carbons (Fsp3) is 0.357. The van der Waals surface area contributed by atoms with E-state index in [0.717, 1.165) is 11.8 Å². The molecule has 19 heavy (non-hydrogen) atoms. The van der Waals surface area contributed by atoms with E-state index in [1.165, 1.54) is 6.07 Å². The average molecular weight is 281 g/mol. The predicted octanol–water partition coefficient (Wildman–Crippen LogP) is 2.13. The molecular weight excluding hydrogens is 262 g/mol. The minimum absolute atomic E-state index is 0.0696. The van der Waals surface area contributed by atoms with E-state index >= 15 is 0 Å². The first-order valence-corrected chi connectivity index (χ1v) is 7.89. The van der Waals surface area contributed by atoms with E-state index in [1.54, 1.807) is 23.1 Å². The molecule has 1 amide bonds. The lowest BCUT2D eigenvalue weighted by Gasteiger charge is -2.22. The second-order valence-electron chi connectivity index (χ2n) is 4.54. The molecule has 4 nitrogen and oxygen atoms in total. The Labute approximate surface area is 114 Å². The highest BCUT2D eigenvalue weighted by atomic mass is 32.2. The molecule has 0 aliphatic carbocycles. The molecule has 0 aliphatic heterocycles. The van der Waals surface area contributed by atoms with Gasteiger partial charge in [-0.05, 0) is 26.0 Å². The summed E-state index contributed by atoms with van der Waals surface area (Å²) in [6, 6.07) is 6.27. The Hall–Kier alpha value is -1.62. The number of hydrogen-bond acceptors (Lipinski definition) is 3. The Balaban J connectivity index is 3.23. The highest BCUT2D eigenvalue weighted by molar-refractivity contribution is 7.90. The van der Waals surface area contributed by atoms with Gasteiger partial charge in [-0.1, -0.05) is 24.3 Å². The van der Waals surface area contributed by atoms with Gasteiger partial charge in [0.25, 0.3) is 5.91 Å². The molecule has 0 aliphatic rings. The van der Waals surface area contributed by atoms with Gasteiger partial charge in [-0.2, -0.15) is 0 Å². The second-order valence-corrected chi connectivity index (χ2v) is 6.53. The Bertz CT molecular complexity index is 590. The van der Waals surface area contributed by atoms with Crippen molar-refractivity contribution in [3.05, 3.63) is 42.0 Å². The number of sulfone groups is 1. The first-order chi connectivity index (χ1) is 8.77. The zero-order valence-corrected chi connectivity index (χ0v) is 12.3. The van der Waals surface area contributed by atoms with Crippen molar-refractivity contribution >= 4 is 15.7 Å². The summed E-state index contributed by atoms with van der Waals surface area (Å²) in [5, 5.41) is 0. The smallest absolute Gasteiger partial charge is 0.255 e. The van der Waals surface area contributed by atoms with E-state index in [0.29, 0.717) is 13.1 Å². The Morgan fingerprint density at radius 1 is 1.32 bits per heavy atom. The molecular formula is C14H19NO3S. The van der Waals surface area contributed by atoms with Gasteiger partial charge in [-0.15, -0.1) is 0 Å². The van der Waals surface area contributed by atoms with E-state index in [4.69, 9.17) is 0 Å². The van der Waals surface area contributed by atoms with Crippen LogP contribution >= 0.6 is 0 Å². The quantitative estimate of drug-likeness (QED) is 0.777. The molecule has 1 rings (SSSR count). The number of benzene rings is 1. The molecule has 0 atom stereocenters. The van der Waals surface area contributed by atoms with E-state index in [9.17, 15) is 13.2 Å². The summed E-state index contributed by atoms with van der Waals surface area (Å²) in [5.41, 5.74) is 1.07. The van der Waals surface area contributed by atoms with Crippen LogP contribution in [0.2, 0.25) is 0 Å². The SMILES string of the molecule is C=C(C)CN(CC)C(=O)c1ccccc1S(C)(=O)=O. The number of carbonyl (C=O) groups excluding carboxylic acids is 1. The molecule has 5 heteroatoms.